The fourth-order valence-electron chi connectivity index (χ4n) is 3.17. The number of ether oxygens (including phenoxy) is 1. The van der Waals surface area contributed by atoms with Crippen LogP contribution in [-0.4, -0.2) is 32.4 Å². The number of unbranched alkanes of at least 4 members (excludes halogenated alkanes) is 1. The summed E-state index contributed by atoms with van der Waals surface area (Å²) in [7, 11) is -3.26. The van der Waals surface area contributed by atoms with Gasteiger partial charge in [0.05, 0.1) is 11.4 Å². The van der Waals surface area contributed by atoms with Crippen LogP contribution in [0.2, 0.25) is 0 Å². The summed E-state index contributed by atoms with van der Waals surface area (Å²) < 4.78 is 32.5. The van der Waals surface area contributed by atoms with Crippen molar-refractivity contribution in [3.05, 3.63) is 24.3 Å². The molecule has 1 fully saturated rings. The number of hydrogen-bond donors (Lipinski definition) is 2. The second-order valence-electron chi connectivity index (χ2n) is 8.56. The van der Waals surface area contributed by atoms with Gasteiger partial charge in [0.1, 0.15) is 5.75 Å². The Kier molecular flexibility index (Phi) is 7.98. The fourth-order valence-corrected chi connectivity index (χ4v) is 4.20. The average Bonchev–Trinajstić information content (AvgIpc) is 2.60. The number of nitrogens with one attached hydrogen (secondary N) is 2. The van der Waals surface area contributed by atoms with Crippen LogP contribution in [0.1, 0.15) is 66.2 Å². The van der Waals surface area contributed by atoms with Gasteiger partial charge in [0.25, 0.3) is 0 Å². The minimum Gasteiger partial charge on any atom is -0.494 e. The first kappa shape index (κ1) is 22.0. The van der Waals surface area contributed by atoms with Crippen molar-refractivity contribution in [2.45, 2.75) is 77.0 Å². The highest BCUT2D eigenvalue weighted by molar-refractivity contribution is 7.90. The summed E-state index contributed by atoms with van der Waals surface area (Å²) in [5.41, 5.74) is 1.08. The SMILES string of the molecule is CCCCOc1cccc(NC[C@H]2CC[C@H](NS(=O)(=O)C(C)(C)C)CC2)c1. The Morgan fingerprint density at radius 3 is 2.48 bits per heavy atom. The third kappa shape index (κ3) is 7.00. The van der Waals surface area contributed by atoms with Gasteiger partial charge in [0, 0.05) is 24.3 Å². The molecule has 2 N–H and O–H groups in total. The van der Waals surface area contributed by atoms with Crippen molar-refractivity contribution in [2.75, 3.05) is 18.5 Å². The van der Waals surface area contributed by atoms with E-state index in [1.165, 1.54) is 0 Å². The normalized spacial score (nSPS) is 21.0. The van der Waals surface area contributed by atoms with Crippen molar-refractivity contribution in [3.63, 3.8) is 0 Å². The second kappa shape index (κ2) is 9.78. The number of anilines is 1. The molecule has 2 rings (SSSR count). The van der Waals surface area contributed by atoms with E-state index in [1.54, 1.807) is 20.8 Å². The largest absolute Gasteiger partial charge is 0.494 e. The van der Waals surface area contributed by atoms with Crippen LogP contribution in [0.5, 0.6) is 5.75 Å². The molecule has 0 heterocycles. The third-order valence-electron chi connectivity index (χ3n) is 5.17. The molecular weight excluding hydrogens is 360 g/mol. The van der Waals surface area contributed by atoms with Crippen LogP contribution in [0, 0.1) is 5.92 Å². The lowest BCUT2D eigenvalue weighted by molar-refractivity contribution is 0.309. The molecule has 0 aromatic heterocycles. The molecule has 0 aliphatic heterocycles. The van der Waals surface area contributed by atoms with Crippen molar-refractivity contribution in [2.24, 2.45) is 5.92 Å². The maximum Gasteiger partial charge on any atom is 0.216 e. The Hall–Kier alpha value is -1.27. The highest BCUT2D eigenvalue weighted by Gasteiger charge is 2.32. The molecule has 0 bridgehead atoms. The number of benzene rings is 1. The Morgan fingerprint density at radius 1 is 1.15 bits per heavy atom. The summed E-state index contributed by atoms with van der Waals surface area (Å²) >= 11 is 0. The van der Waals surface area contributed by atoms with Gasteiger partial charge >= 0.3 is 0 Å². The zero-order valence-electron chi connectivity index (χ0n) is 17.3. The maximum absolute atomic E-state index is 12.3. The molecule has 1 aromatic carbocycles. The number of hydrogen-bond acceptors (Lipinski definition) is 4. The second-order valence-corrected chi connectivity index (χ2v) is 11.0. The smallest absolute Gasteiger partial charge is 0.216 e. The quantitative estimate of drug-likeness (QED) is 0.601. The van der Waals surface area contributed by atoms with Gasteiger partial charge in [0.15, 0.2) is 0 Å². The summed E-state index contributed by atoms with van der Waals surface area (Å²) in [4.78, 5) is 0. The molecule has 0 unspecified atom stereocenters. The van der Waals surface area contributed by atoms with E-state index in [4.69, 9.17) is 4.74 Å². The van der Waals surface area contributed by atoms with Gasteiger partial charge in [-0.25, -0.2) is 13.1 Å². The van der Waals surface area contributed by atoms with Crippen LogP contribution < -0.4 is 14.8 Å². The van der Waals surface area contributed by atoms with Gasteiger partial charge in [-0.3, -0.25) is 0 Å². The van der Waals surface area contributed by atoms with Crippen LogP contribution in [0.4, 0.5) is 5.69 Å². The monoisotopic (exact) mass is 396 g/mol. The van der Waals surface area contributed by atoms with Gasteiger partial charge in [-0.05, 0) is 70.9 Å². The molecule has 0 amide bonds. The first-order valence-corrected chi connectivity index (χ1v) is 11.7. The van der Waals surface area contributed by atoms with Crippen LogP contribution in [0.3, 0.4) is 0 Å². The highest BCUT2D eigenvalue weighted by atomic mass is 32.2. The lowest BCUT2D eigenvalue weighted by Gasteiger charge is -2.31. The molecule has 154 valence electrons. The molecule has 1 aliphatic carbocycles. The Balaban J connectivity index is 1.76. The van der Waals surface area contributed by atoms with E-state index in [-0.39, 0.29) is 6.04 Å². The predicted octanol–water partition coefficient (Wildman–Crippen LogP) is 4.55. The zero-order valence-corrected chi connectivity index (χ0v) is 18.1. The van der Waals surface area contributed by atoms with Gasteiger partial charge in [0.2, 0.25) is 10.0 Å². The minimum atomic E-state index is -3.26. The van der Waals surface area contributed by atoms with Gasteiger partial charge < -0.3 is 10.1 Å². The number of sulfonamides is 1. The predicted molar refractivity (Wildman–Crippen MR) is 113 cm³/mol. The van der Waals surface area contributed by atoms with Crippen molar-refractivity contribution >= 4 is 15.7 Å². The molecule has 1 saturated carbocycles. The standard InChI is InChI=1S/C21H36N2O3S/c1-5-6-14-26-20-9-7-8-19(15-20)22-16-17-10-12-18(13-11-17)23-27(24,25)21(2,3)4/h7-9,15,17-18,22-23H,5-6,10-14,16H2,1-4H3/t17-,18-. The van der Waals surface area contributed by atoms with E-state index >= 15 is 0 Å². The summed E-state index contributed by atoms with van der Waals surface area (Å²) in [5, 5.41) is 3.51. The first-order valence-electron chi connectivity index (χ1n) is 10.2. The van der Waals surface area contributed by atoms with Crippen molar-refractivity contribution in [1.29, 1.82) is 0 Å². The topological polar surface area (TPSA) is 67.4 Å². The highest BCUT2D eigenvalue weighted by Crippen LogP contribution is 2.27. The van der Waals surface area contributed by atoms with E-state index in [0.29, 0.717) is 5.92 Å². The van der Waals surface area contributed by atoms with E-state index in [9.17, 15) is 8.42 Å². The fraction of sp³-hybridized carbons (Fsp3) is 0.714. The van der Waals surface area contributed by atoms with E-state index in [1.807, 2.05) is 12.1 Å². The van der Waals surface area contributed by atoms with E-state index in [2.05, 4.69) is 29.1 Å². The molecule has 1 aliphatic rings. The van der Waals surface area contributed by atoms with Crippen LogP contribution in [0.25, 0.3) is 0 Å². The summed E-state index contributed by atoms with van der Waals surface area (Å²) in [6, 6.07) is 8.20. The molecular formula is C21H36N2O3S. The first-order chi connectivity index (χ1) is 12.7. The van der Waals surface area contributed by atoms with Gasteiger partial charge in [-0.2, -0.15) is 0 Å². The maximum atomic E-state index is 12.3. The Labute approximate surface area is 165 Å². The lowest BCUT2D eigenvalue weighted by Crippen LogP contribution is -2.46. The molecule has 0 radical (unpaired) electrons. The molecule has 5 nitrogen and oxygen atoms in total. The van der Waals surface area contributed by atoms with Crippen LogP contribution >= 0.6 is 0 Å². The lowest BCUT2D eigenvalue weighted by atomic mass is 9.86. The van der Waals surface area contributed by atoms with Gasteiger partial charge in [-0.1, -0.05) is 19.4 Å². The minimum absolute atomic E-state index is 0.0702. The Morgan fingerprint density at radius 2 is 1.85 bits per heavy atom. The number of rotatable bonds is 9. The average molecular weight is 397 g/mol. The van der Waals surface area contributed by atoms with Crippen molar-refractivity contribution < 1.29 is 13.2 Å². The zero-order chi connectivity index (χ0) is 19.9. The van der Waals surface area contributed by atoms with Crippen molar-refractivity contribution in [1.82, 2.24) is 4.72 Å². The molecule has 0 atom stereocenters. The molecule has 27 heavy (non-hydrogen) atoms. The van der Waals surface area contributed by atoms with Crippen LogP contribution in [-0.2, 0) is 10.0 Å². The Bertz CT molecular complexity index is 675. The van der Waals surface area contributed by atoms with E-state index in [0.717, 1.165) is 63.1 Å². The third-order valence-corrected chi connectivity index (χ3v) is 7.43. The summed E-state index contributed by atoms with van der Waals surface area (Å²) in [5.74, 6) is 1.49. The van der Waals surface area contributed by atoms with Gasteiger partial charge in [-0.15, -0.1) is 0 Å². The summed E-state index contributed by atoms with van der Waals surface area (Å²) in [6.07, 6.45) is 6.09. The van der Waals surface area contributed by atoms with Crippen molar-refractivity contribution in [3.8, 4) is 5.75 Å². The molecule has 0 spiro atoms. The summed E-state index contributed by atoms with van der Waals surface area (Å²) in [6.45, 7) is 9.05. The molecule has 1 aromatic rings. The molecule has 6 heteroatoms. The van der Waals surface area contributed by atoms with Crippen LogP contribution in [0.15, 0.2) is 24.3 Å². The molecule has 0 saturated heterocycles. The van der Waals surface area contributed by atoms with E-state index < -0.39 is 14.8 Å².